The molecule has 0 spiro atoms. The van der Waals surface area contributed by atoms with Gasteiger partial charge in [0.25, 0.3) is 6.43 Å². The van der Waals surface area contributed by atoms with Crippen molar-refractivity contribution in [2.45, 2.75) is 6.43 Å². The zero-order chi connectivity index (χ0) is 8.27. The number of alkyl halides is 2. The van der Waals surface area contributed by atoms with Gasteiger partial charge < -0.3 is 4.18 Å². The van der Waals surface area contributed by atoms with Crippen LogP contribution in [0.5, 0.6) is 5.75 Å². The van der Waals surface area contributed by atoms with E-state index >= 15 is 0 Å². The van der Waals surface area contributed by atoms with Gasteiger partial charge in [-0.3, -0.25) is 0 Å². The van der Waals surface area contributed by atoms with Gasteiger partial charge in [-0.1, -0.05) is 12.1 Å². The van der Waals surface area contributed by atoms with Crippen LogP contribution in [0.4, 0.5) is 8.78 Å². The van der Waals surface area contributed by atoms with Crippen LogP contribution in [-0.4, -0.2) is 0 Å². The first-order chi connectivity index (χ1) is 5.24. The van der Waals surface area contributed by atoms with E-state index in [-0.39, 0.29) is 5.56 Å². The zero-order valence-electron chi connectivity index (χ0n) is 5.50. The fourth-order valence-electron chi connectivity index (χ4n) is 0.707. The Balaban J connectivity index is 2.91. The minimum Gasteiger partial charge on any atom is -0.429 e. The van der Waals surface area contributed by atoms with Crippen molar-refractivity contribution >= 4 is 12.9 Å². The summed E-state index contributed by atoms with van der Waals surface area (Å²) in [6, 6.07) is 5.63. The Bertz CT molecular complexity index is 240. The molecule has 0 unspecified atom stereocenters. The molecule has 0 saturated heterocycles. The first-order valence-electron chi connectivity index (χ1n) is 2.93. The number of thiol groups is 1. The number of halogens is 2. The average molecular weight is 176 g/mol. The van der Waals surface area contributed by atoms with E-state index in [1.807, 2.05) is 0 Å². The van der Waals surface area contributed by atoms with Crippen molar-refractivity contribution < 1.29 is 13.0 Å². The molecule has 0 bridgehead atoms. The van der Waals surface area contributed by atoms with E-state index in [2.05, 4.69) is 17.1 Å². The van der Waals surface area contributed by atoms with Crippen molar-refractivity contribution in [1.29, 1.82) is 0 Å². The normalized spacial score (nSPS) is 10.2. The van der Waals surface area contributed by atoms with Gasteiger partial charge in [-0.2, -0.15) is 0 Å². The van der Waals surface area contributed by atoms with Crippen molar-refractivity contribution in [3.63, 3.8) is 0 Å². The molecule has 4 heteroatoms. The summed E-state index contributed by atoms with van der Waals surface area (Å²) in [7, 11) is 0. The lowest BCUT2D eigenvalue weighted by atomic mass is 10.2. The van der Waals surface area contributed by atoms with Crippen LogP contribution in [0.1, 0.15) is 12.0 Å². The Morgan fingerprint density at radius 2 is 2.09 bits per heavy atom. The van der Waals surface area contributed by atoms with Crippen molar-refractivity contribution in [3.05, 3.63) is 29.8 Å². The van der Waals surface area contributed by atoms with Gasteiger partial charge in [-0.25, -0.2) is 8.78 Å². The predicted molar refractivity (Wildman–Crippen MR) is 41.0 cm³/mol. The molecule has 0 atom stereocenters. The molecular weight excluding hydrogens is 170 g/mol. The van der Waals surface area contributed by atoms with Gasteiger partial charge in [-0.15, -0.1) is 0 Å². The summed E-state index contributed by atoms with van der Waals surface area (Å²) < 4.78 is 28.5. The van der Waals surface area contributed by atoms with Gasteiger partial charge >= 0.3 is 0 Å². The van der Waals surface area contributed by atoms with Gasteiger partial charge in [0.15, 0.2) is 0 Å². The molecule has 0 aliphatic carbocycles. The number of benzene rings is 1. The minimum atomic E-state index is -2.46. The molecule has 0 aromatic heterocycles. The van der Waals surface area contributed by atoms with Crippen molar-refractivity contribution in [2.24, 2.45) is 0 Å². The highest BCUT2D eigenvalue weighted by molar-refractivity contribution is 7.75. The topological polar surface area (TPSA) is 9.23 Å². The molecule has 0 N–H and O–H groups in total. The Hall–Kier alpha value is -0.770. The minimum absolute atomic E-state index is 0.0587. The van der Waals surface area contributed by atoms with Gasteiger partial charge in [0.2, 0.25) is 0 Å². The lowest BCUT2D eigenvalue weighted by Crippen LogP contribution is -1.83. The number of rotatable bonds is 2. The molecule has 0 radical (unpaired) electrons. The molecule has 0 saturated carbocycles. The van der Waals surface area contributed by atoms with Crippen LogP contribution >= 0.6 is 12.9 Å². The van der Waals surface area contributed by atoms with Crippen LogP contribution in [0.3, 0.4) is 0 Å². The smallest absolute Gasteiger partial charge is 0.263 e. The maximum Gasteiger partial charge on any atom is 0.263 e. The van der Waals surface area contributed by atoms with Crippen LogP contribution in [0.25, 0.3) is 0 Å². The summed E-state index contributed by atoms with van der Waals surface area (Å²) >= 11 is 3.48. The second-order valence-corrected chi connectivity index (χ2v) is 2.15. The summed E-state index contributed by atoms with van der Waals surface area (Å²) in [6.45, 7) is 0. The van der Waals surface area contributed by atoms with E-state index in [1.165, 1.54) is 18.2 Å². The van der Waals surface area contributed by atoms with Crippen molar-refractivity contribution in [3.8, 4) is 5.75 Å². The third-order valence-electron chi connectivity index (χ3n) is 1.22. The van der Waals surface area contributed by atoms with E-state index in [0.29, 0.717) is 5.75 Å². The number of hydrogen-bond acceptors (Lipinski definition) is 2. The van der Waals surface area contributed by atoms with Crippen LogP contribution < -0.4 is 4.18 Å². The summed E-state index contributed by atoms with van der Waals surface area (Å²) in [6.07, 6.45) is -2.46. The van der Waals surface area contributed by atoms with Gasteiger partial charge in [0.1, 0.15) is 5.75 Å². The molecule has 0 aliphatic heterocycles. The Kier molecular flexibility index (Phi) is 2.70. The van der Waals surface area contributed by atoms with Crippen LogP contribution in [-0.2, 0) is 0 Å². The maximum absolute atomic E-state index is 12.0. The summed E-state index contributed by atoms with van der Waals surface area (Å²) in [5.74, 6) is 0.325. The zero-order valence-corrected chi connectivity index (χ0v) is 6.39. The second-order valence-electron chi connectivity index (χ2n) is 1.96. The highest BCUT2D eigenvalue weighted by Gasteiger charge is 2.06. The van der Waals surface area contributed by atoms with Gasteiger partial charge in [0, 0.05) is 18.5 Å². The lowest BCUT2D eigenvalue weighted by Gasteiger charge is -2.00. The van der Waals surface area contributed by atoms with Crippen molar-refractivity contribution in [1.82, 2.24) is 0 Å². The van der Waals surface area contributed by atoms with Gasteiger partial charge in [0.05, 0.1) is 0 Å². The predicted octanol–water partition coefficient (Wildman–Crippen LogP) is 2.85. The third-order valence-corrected chi connectivity index (χ3v) is 1.43. The molecule has 1 aromatic rings. The Morgan fingerprint density at radius 1 is 1.36 bits per heavy atom. The number of hydrogen-bond donors (Lipinski definition) is 1. The quantitative estimate of drug-likeness (QED) is 0.538. The lowest BCUT2D eigenvalue weighted by molar-refractivity contribution is 0.151. The molecule has 60 valence electrons. The SMILES string of the molecule is FC(F)c1cccc(OS)c1. The Labute approximate surface area is 68.6 Å². The maximum atomic E-state index is 12.0. The molecule has 1 aromatic carbocycles. The fraction of sp³-hybridized carbons (Fsp3) is 0.143. The van der Waals surface area contributed by atoms with Crippen LogP contribution in [0.2, 0.25) is 0 Å². The molecule has 0 aliphatic rings. The third kappa shape index (κ3) is 2.08. The van der Waals surface area contributed by atoms with Crippen LogP contribution in [0, 0.1) is 0 Å². The summed E-state index contributed by atoms with van der Waals surface area (Å²) in [4.78, 5) is 0. The Morgan fingerprint density at radius 3 is 2.64 bits per heavy atom. The molecule has 0 amide bonds. The second kappa shape index (κ2) is 3.57. The largest absolute Gasteiger partial charge is 0.429 e. The standard InChI is InChI=1S/C7H6F2OS/c8-7(9)5-2-1-3-6(4-5)10-11/h1-4,7,11H. The molecular formula is C7H6F2OS. The highest BCUT2D eigenvalue weighted by Crippen LogP contribution is 2.23. The average Bonchev–Trinajstić information content (AvgIpc) is 2.05. The molecule has 0 heterocycles. The monoisotopic (exact) mass is 176 g/mol. The molecule has 1 rings (SSSR count). The van der Waals surface area contributed by atoms with Crippen LogP contribution in [0.15, 0.2) is 24.3 Å². The first-order valence-corrected chi connectivity index (χ1v) is 3.30. The van der Waals surface area contributed by atoms with Gasteiger partial charge in [-0.05, 0) is 12.1 Å². The van der Waals surface area contributed by atoms with E-state index in [1.54, 1.807) is 6.07 Å². The van der Waals surface area contributed by atoms with E-state index < -0.39 is 6.43 Å². The summed E-state index contributed by atoms with van der Waals surface area (Å²) in [5.41, 5.74) is -0.0587. The summed E-state index contributed by atoms with van der Waals surface area (Å²) in [5, 5.41) is 0. The van der Waals surface area contributed by atoms with E-state index in [9.17, 15) is 8.78 Å². The van der Waals surface area contributed by atoms with Crippen molar-refractivity contribution in [2.75, 3.05) is 0 Å². The molecule has 11 heavy (non-hydrogen) atoms. The van der Waals surface area contributed by atoms with E-state index in [4.69, 9.17) is 0 Å². The highest BCUT2D eigenvalue weighted by atomic mass is 32.1. The molecule has 0 fully saturated rings. The first kappa shape index (κ1) is 8.33. The van der Waals surface area contributed by atoms with E-state index in [0.717, 1.165) is 0 Å². The molecule has 1 nitrogen and oxygen atoms in total. The fourth-order valence-corrected chi connectivity index (χ4v) is 0.821.